The lowest BCUT2D eigenvalue weighted by Crippen LogP contribution is -2.46. The van der Waals surface area contributed by atoms with Gasteiger partial charge in [0.2, 0.25) is 0 Å². The summed E-state index contributed by atoms with van der Waals surface area (Å²) >= 11 is 5.86. The molecule has 0 saturated carbocycles. The van der Waals surface area contributed by atoms with E-state index in [0.29, 0.717) is 35.1 Å². The summed E-state index contributed by atoms with van der Waals surface area (Å²) in [6.07, 6.45) is 3.10. The third kappa shape index (κ3) is 5.00. The molecule has 0 bridgehead atoms. The average Bonchev–Trinajstić information content (AvgIpc) is 3.33. The summed E-state index contributed by atoms with van der Waals surface area (Å²) in [5, 5.41) is 10.6. The van der Waals surface area contributed by atoms with Crippen LogP contribution in [0.3, 0.4) is 0 Å². The lowest BCUT2D eigenvalue weighted by Gasteiger charge is -2.28. The van der Waals surface area contributed by atoms with E-state index in [1.807, 2.05) is 11.8 Å². The molecule has 0 aliphatic carbocycles. The summed E-state index contributed by atoms with van der Waals surface area (Å²) < 4.78 is 20.0. The Kier molecular flexibility index (Phi) is 7.32. The van der Waals surface area contributed by atoms with Crippen LogP contribution in [-0.2, 0) is 0 Å². The van der Waals surface area contributed by atoms with Crippen LogP contribution in [-0.4, -0.2) is 75.3 Å². The fourth-order valence-corrected chi connectivity index (χ4v) is 4.49. The van der Waals surface area contributed by atoms with E-state index in [0.717, 1.165) is 6.42 Å². The van der Waals surface area contributed by atoms with Gasteiger partial charge in [-0.25, -0.2) is 14.4 Å². The number of aliphatic hydroxyl groups is 1. The fraction of sp³-hybridized carbons (Fsp3) is 0.435. The Morgan fingerprint density at radius 2 is 2.06 bits per heavy atom. The number of halogens is 2. The highest BCUT2D eigenvalue weighted by Crippen LogP contribution is 2.29. The van der Waals surface area contributed by atoms with Gasteiger partial charge in [0.1, 0.15) is 18.2 Å². The Balaban J connectivity index is 1.49. The molecule has 1 fully saturated rings. The summed E-state index contributed by atoms with van der Waals surface area (Å²) in [6, 6.07) is 3.67. The Bertz CT molecular complexity index is 1080. The Hall–Kier alpha value is -2.79. The summed E-state index contributed by atoms with van der Waals surface area (Å²) in [5.41, 5.74) is 13.6. The molecule has 1 aromatic carbocycles. The Morgan fingerprint density at radius 1 is 1.32 bits per heavy atom. The van der Waals surface area contributed by atoms with Crippen molar-refractivity contribution in [2.24, 2.45) is 11.5 Å². The molecule has 182 valence electrons. The number of rotatable bonds is 7. The predicted octanol–water partition coefficient (Wildman–Crippen LogP) is 1.60. The minimum Gasteiger partial charge on any atom is -0.491 e. The van der Waals surface area contributed by atoms with Crippen LogP contribution in [0.5, 0.6) is 5.75 Å². The number of carbonyl (C=O) groups is 1. The van der Waals surface area contributed by atoms with Crippen molar-refractivity contribution in [3.05, 3.63) is 58.5 Å². The van der Waals surface area contributed by atoms with E-state index in [1.54, 1.807) is 0 Å². The molecule has 1 amide bonds. The lowest BCUT2D eigenvalue weighted by molar-refractivity contribution is 0.0790. The number of aliphatic hydroxyl groups excluding tert-OH is 1. The van der Waals surface area contributed by atoms with Crippen LogP contribution in [0.15, 0.2) is 36.3 Å². The molecule has 3 atom stereocenters. The molecule has 1 aromatic heterocycles. The van der Waals surface area contributed by atoms with E-state index in [1.165, 1.54) is 35.5 Å². The first-order valence-electron chi connectivity index (χ1n) is 11.1. The number of hydrogen-bond acceptors (Lipinski definition) is 8. The first-order valence-corrected chi connectivity index (χ1v) is 11.5. The number of nitrogens with zero attached hydrogens (tertiary/aromatic N) is 4. The maximum Gasteiger partial charge on any atom is 0.258 e. The molecule has 4 rings (SSSR count). The molecule has 0 radical (unpaired) electrons. The van der Waals surface area contributed by atoms with Crippen molar-refractivity contribution in [3.63, 3.8) is 0 Å². The summed E-state index contributed by atoms with van der Waals surface area (Å²) in [4.78, 5) is 25.2. The van der Waals surface area contributed by atoms with E-state index in [2.05, 4.69) is 9.97 Å². The average molecular weight is 491 g/mol. The third-order valence-electron chi connectivity index (χ3n) is 6.12. The second-order valence-corrected chi connectivity index (χ2v) is 8.96. The topological polar surface area (TPSA) is 131 Å². The molecule has 1 saturated heterocycles. The maximum absolute atomic E-state index is 14.1. The number of nitrogens with two attached hydrogens (primary N) is 2. The van der Waals surface area contributed by atoms with Crippen LogP contribution in [0.4, 0.5) is 4.39 Å². The molecule has 2 aromatic rings. The van der Waals surface area contributed by atoms with Crippen LogP contribution < -0.4 is 16.2 Å². The van der Waals surface area contributed by atoms with Gasteiger partial charge in [0, 0.05) is 35.8 Å². The molecule has 5 N–H and O–H groups in total. The Morgan fingerprint density at radius 3 is 2.76 bits per heavy atom. The van der Waals surface area contributed by atoms with E-state index >= 15 is 0 Å². The number of hydrogen-bond donors (Lipinski definition) is 3. The SMILES string of the molecule is CCCN1C(COc2cc(F)ccc2C(=O)N2CC(N)=C(c3ncc(Cl)cn3)C2)CC(O)[C@H]1N. The molecular weight excluding hydrogens is 463 g/mol. The van der Waals surface area contributed by atoms with Crippen molar-refractivity contribution in [1.82, 2.24) is 19.8 Å². The highest BCUT2D eigenvalue weighted by molar-refractivity contribution is 6.30. The zero-order valence-corrected chi connectivity index (χ0v) is 19.6. The van der Waals surface area contributed by atoms with Gasteiger partial charge in [-0.2, -0.15) is 0 Å². The number of aromatic nitrogens is 2. The van der Waals surface area contributed by atoms with Crippen molar-refractivity contribution in [3.8, 4) is 5.75 Å². The minimum atomic E-state index is -0.666. The molecule has 9 nitrogen and oxygen atoms in total. The van der Waals surface area contributed by atoms with Gasteiger partial charge in [-0.15, -0.1) is 0 Å². The maximum atomic E-state index is 14.1. The van der Waals surface area contributed by atoms with E-state index in [4.69, 9.17) is 27.8 Å². The summed E-state index contributed by atoms with van der Waals surface area (Å²) in [7, 11) is 0. The van der Waals surface area contributed by atoms with Crippen molar-refractivity contribution in [2.45, 2.75) is 38.1 Å². The van der Waals surface area contributed by atoms with Crippen molar-refractivity contribution >= 4 is 23.1 Å². The molecule has 34 heavy (non-hydrogen) atoms. The van der Waals surface area contributed by atoms with Crippen molar-refractivity contribution in [1.29, 1.82) is 0 Å². The second-order valence-electron chi connectivity index (χ2n) is 8.53. The normalized spacial score (nSPS) is 23.1. The highest BCUT2D eigenvalue weighted by Gasteiger charge is 2.38. The van der Waals surface area contributed by atoms with Gasteiger partial charge in [0.25, 0.3) is 5.91 Å². The first kappa shape index (κ1) is 24.3. The van der Waals surface area contributed by atoms with Crippen molar-refractivity contribution in [2.75, 3.05) is 26.2 Å². The monoisotopic (exact) mass is 490 g/mol. The molecular formula is C23H28ClFN6O3. The first-order chi connectivity index (χ1) is 16.3. The van der Waals surface area contributed by atoms with Crippen LogP contribution in [0.2, 0.25) is 5.02 Å². The van der Waals surface area contributed by atoms with Crippen LogP contribution >= 0.6 is 11.6 Å². The highest BCUT2D eigenvalue weighted by atomic mass is 35.5. The zero-order valence-electron chi connectivity index (χ0n) is 18.8. The summed E-state index contributed by atoms with van der Waals surface area (Å²) in [5.74, 6) is -0.337. The number of benzene rings is 1. The van der Waals surface area contributed by atoms with Gasteiger partial charge < -0.3 is 26.2 Å². The Labute approximate surface area is 202 Å². The molecule has 3 heterocycles. The van der Waals surface area contributed by atoms with Crippen LogP contribution in [0.1, 0.15) is 35.9 Å². The summed E-state index contributed by atoms with van der Waals surface area (Å²) in [6.45, 7) is 3.29. The third-order valence-corrected chi connectivity index (χ3v) is 6.32. The number of ether oxygens (including phenoxy) is 1. The standard InChI is InChI=1S/C23H28ClFN6O3/c1-2-5-31-15(7-19(32)21(31)27)12-34-20-6-14(25)3-4-16(20)23(33)30-10-17(18(26)11-30)22-28-8-13(24)9-29-22/h3-4,6,8-9,15,19,21,32H,2,5,7,10-12,26-27H2,1H3/t15?,19?,21-/m0/s1. The largest absolute Gasteiger partial charge is 0.491 e. The minimum absolute atomic E-state index is 0.131. The second kappa shape index (κ2) is 10.2. The predicted molar refractivity (Wildman–Crippen MR) is 125 cm³/mol. The van der Waals surface area contributed by atoms with Gasteiger partial charge in [0.15, 0.2) is 5.82 Å². The smallest absolute Gasteiger partial charge is 0.258 e. The van der Waals surface area contributed by atoms with Gasteiger partial charge in [-0.3, -0.25) is 9.69 Å². The number of likely N-dealkylation sites (tertiary alicyclic amines) is 1. The number of carbonyl (C=O) groups excluding carboxylic acids is 1. The van der Waals surface area contributed by atoms with Crippen molar-refractivity contribution < 1.29 is 19.0 Å². The molecule has 2 unspecified atom stereocenters. The van der Waals surface area contributed by atoms with Crippen LogP contribution in [0, 0.1) is 5.82 Å². The molecule has 2 aliphatic heterocycles. The molecule has 0 spiro atoms. The van der Waals surface area contributed by atoms with Gasteiger partial charge in [-0.1, -0.05) is 18.5 Å². The van der Waals surface area contributed by atoms with Gasteiger partial charge >= 0.3 is 0 Å². The van der Waals surface area contributed by atoms with Gasteiger partial charge in [0.05, 0.1) is 35.9 Å². The van der Waals surface area contributed by atoms with E-state index in [9.17, 15) is 14.3 Å². The zero-order chi connectivity index (χ0) is 24.4. The van der Waals surface area contributed by atoms with Gasteiger partial charge in [-0.05, 0) is 31.5 Å². The van der Waals surface area contributed by atoms with E-state index < -0.39 is 18.1 Å². The number of amides is 1. The molecule has 2 aliphatic rings. The van der Waals surface area contributed by atoms with E-state index in [-0.39, 0.29) is 43.0 Å². The lowest BCUT2D eigenvalue weighted by atomic mass is 10.1. The molecule has 11 heteroatoms. The fourth-order valence-electron chi connectivity index (χ4n) is 4.40. The quantitative estimate of drug-likeness (QED) is 0.533. The van der Waals surface area contributed by atoms with Crippen LogP contribution in [0.25, 0.3) is 5.57 Å².